The van der Waals surface area contributed by atoms with Gasteiger partial charge in [0.15, 0.2) is 47.4 Å². The van der Waals surface area contributed by atoms with Gasteiger partial charge in [-0.15, -0.1) is 0 Å². The fourth-order valence-corrected chi connectivity index (χ4v) is 7.64. The van der Waals surface area contributed by atoms with E-state index in [1.54, 1.807) is 0 Å². The van der Waals surface area contributed by atoms with Crippen LogP contribution in [0.3, 0.4) is 0 Å². The molecule has 19 nitrogen and oxygen atoms in total. The number of ether oxygens (including phenoxy) is 2. The first-order valence-electron chi connectivity index (χ1n) is 12.7. The zero-order chi connectivity index (χ0) is 31.0. The molecule has 0 aromatic carbocycles. The van der Waals surface area contributed by atoms with Crippen molar-refractivity contribution in [3.8, 4) is 0 Å². The molecule has 4 aromatic heterocycles. The quantitative estimate of drug-likeness (QED) is 0.157. The Hall–Kier alpha value is -3.15. The van der Waals surface area contributed by atoms with Gasteiger partial charge in [0.05, 0.1) is 25.6 Å². The van der Waals surface area contributed by atoms with Gasteiger partial charge in [0, 0.05) is 6.54 Å². The molecule has 0 aliphatic carbocycles. The molecule has 9 atom stereocenters. The van der Waals surface area contributed by atoms with Crippen LogP contribution in [-0.2, 0) is 37.6 Å². The fourth-order valence-electron chi connectivity index (χ4n) is 5.20. The van der Waals surface area contributed by atoms with Gasteiger partial charge in [-0.3, -0.25) is 23.0 Å². The first kappa shape index (κ1) is 29.6. The molecule has 7 rings (SSSR count). The molecule has 236 valence electrons. The molecule has 44 heavy (non-hydrogen) atoms. The number of fused-ring (bicyclic) bond motifs is 4. The van der Waals surface area contributed by atoms with E-state index < -0.39 is 85.0 Å². The normalized spacial score (nSPS) is 36.1. The number of nitrogens with zero attached hydrogens (tertiary/aromatic N) is 7. The summed E-state index contributed by atoms with van der Waals surface area (Å²) >= 11 is 3.95. The van der Waals surface area contributed by atoms with Crippen LogP contribution in [0.15, 0.2) is 30.1 Å². The molecular weight excluding hydrogens is 657 g/mol. The number of nitrogens with two attached hydrogens (primary N) is 1. The summed E-state index contributed by atoms with van der Waals surface area (Å²) in [5.74, 6) is 0.0235. The maximum atomic E-state index is 15.9. The van der Waals surface area contributed by atoms with Crippen LogP contribution in [0, 0.1) is 0 Å². The third-order valence-corrected chi connectivity index (χ3v) is 9.80. The number of hydrogen-bond donors (Lipinski definition) is 4. The molecule has 3 aliphatic heterocycles. The lowest BCUT2D eigenvalue weighted by Gasteiger charge is -2.26. The minimum Gasteiger partial charge on any atom is -0.382 e. The number of thiol groups is 1. The molecule has 3 fully saturated rings. The zero-order valence-corrected chi connectivity index (χ0v) is 24.4. The number of aromatic amines is 1. The zero-order valence-electron chi connectivity index (χ0n) is 21.8. The van der Waals surface area contributed by atoms with E-state index >= 15 is 8.78 Å². The first-order chi connectivity index (χ1) is 20.9. The molecule has 3 aliphatic rings. The number of H-pyrrole nitrogens is 1. The number of rotatable bonds is 2. The van der Waals surface area contributed by atoms with Gasteiger partial charge in [-0.25, -0.2) is 42.4 Å². The summed E-state index contributed by atoms with van der Waals surface area (Å²) in [4.78, 5) is 34.2. The van der Waals surface area contributed by atoms with Crippen LogP contribution in [0.5, 0.6) is 0 Å². The average Bonchev–Trinajstić information content (AvgIpc) is 3.73. The minimum atomic E-state index is -4.76. The van der Waals surface area contributed by atoms with E-state index in [-0.39, 0.29) is 28.1 Å². The molecule has 4 N–H and O–H groups in total. The van der Waals surface area contributed by atoms with Crippen molar-refractivity contribution in [1.29, 1.82) is 0 Å². The van der Waals surface area contributed by atoms with Crippen LogP contribution >= 0.6 is 19.0 Å². The van der Waals surface area contributed by atoms with E-state index in [1.165, 1.54) is 10.9 Å². The van der Waals surface area contributed by atoms with E-state index in [2.05, 4.69) is 46.9 Å². The number of halogens is 2. The predicted molar refractivity (Wildman–Crippen MR) is 145 cm³/mol. The van der Waals surface area contributed by atoms with Crippen LogP contribution < -0.4 is 16.0 Å². The molecule has 0 saturated carbocycles. The lowest BCUT2D eigenvalue weighted by atomic mass is 10.1. The van der Waals surface area contributed by atoms with E-state index in [4.69, 9.17) is 28.4 Å². The Morgan fingerprint density at radius 3 is 2.39 bits per heavy atom. The second-order valence-electron chi connectivity index (χ2n) is 9.86. The summed E-state index contributed by atoms with van der Waals surface area (Å²) in [5, 5.41) is 0. The third kappa shape index (κ3) is 5.06. The van der Waals surface area contributed by atoms with Crippen molar-refractivity contribution < 1.29 is 44.5 Å². The topological polar surface area (TPSA) is 243 Å². The molecule has 3 saturated heterocycles. The summed E-state index contributed by atoms with van der Waals surface area (Å²) in [6, 6.07) is 0. The Labute approximate surface area is 249 Å². The molecule has 7 heterocycles. The number of nitrogen functional groups attached to an aromatic ring is 1. The Morgan fingerprint density at radius 2 is 1.64 bits per heavy atom. The maximum Gasteiger partial charge on any atom is 0.386 e. The van der Waals surface area contributed by atoms with Gasteiger partial charge < -0.3 is 20.2 Å². The first-order valence-corrected chi connectivity index (χ1v) is 16.8. The number of alkyl halides is 2. The van der Waals surface area contributed by atoms with Gasteiger partial charge >= 0.3 is 17.1 Å². The lowest BCUT2D eigenvalue weighted by molar-refractivity contribution is -0.0434. The molecule has 0 radical (unpaired) electrons. The average molecular weight is 679 g/mol. The summed E-state index contributed by atoms with van der Waals surface area (Å²) in [5.41, 5.74) is 5.28. The Bertz CT molecular complexity index is 1960. The Kier molecular flexibility index (Phi) is 7.21. The van der Waals surface area contributed by atoms with Crippen LogP contribution in [0.2, 0.25) is 0 Å². The molecule has 1 unspecified atom stereocenters. The summed E-state index contributed by atoms with van der Waals surface area (Å²) in [6.45, 7) is -5.87. The standard InChI is InChI=1S/C20H21F2N10O9PS2/c21-9-13-7(38-19(9)31-5-28-11-15(23)24-3-25-16(11)31)1-30-44(35,36)41-14-8(2-37-42(34,43)40-13)39-20(10(14)22)32-6-29-12-17(32)26-4-27-18(12)33/h3-10,13-14,19-20,30H,1-2H2,(H,34,43)(H2,23,24,25)(H,26,27,33)/t7-,8-,9-,10-,13-,14-,19-,20-,42?/m1/s1. The largest absolute Gasteiger partial charge is 0.386 e. The highest BCUT2D eigenvalue weighted by molar-refractivity contribution is 8.44. The number of nitrogens with one attached hydrogen (secondary N) is 2. The van der Waals surface area contributed by atoms with Crippen LogP contribution in [-0.4, -0.2) is 97.4 Å². The fraction of sp³-hybridized carbons (Fsp3) is 0.500. The number of imidazole rings is 2. The van der Waals surface area contributed by atoms with Crippen LogP contribution in [0.25, 0.3) is 22.3 Å². The van der Waals surface area contributed by atoms with Crippen molar-refractivity contribution in [2.24, 2.45) is 0 Å². The van der Waals surface area contributed by atoms with Gasteiger partial charge in [0.1, 0.15) is 36.3 Å². The Balaban J connectivity index is 1.17. The van der Waals surface area contributed by atoms with E-state index in [1.807, 2.05) is 0 Å². The summed E-state index contributed by atoms with van der Waals surface area (Å²) < 4.78 is 103. The number of anilines is 1. The SMILES string of the molecule is Nc1ncnc2c1ncn2[C@@H]1O[C@@H]2CNS(=O)(=O)O[C@H]3[C@@H](F)[C@H](n4cnc5c(=O)[nH]cnc54)O[C@@H]3COP(=O)(S)O[C@H]2[C@H]1F. The van der Waals surface area contributed by atoms with E-state index in [0.29, 0.717) is 0 Å². The predicted octanol–water partition coefficient (Wildman–Crippen LogP) is -0.314. The maximum absolute atomic E-state index is 15.9. The number of aromatic nitrogens is 8. The second-order valence-corrected chi connectivity index (χ2v) is 14.1. The molecule has 0 spiro atoms. The lowest BCUT2D eigenvalue weighted by Crippen LogP contribution is -2.44. The van der Waals surface area contributed by atoms with Crippen molar-refractivity contribution in [2.75, 3.05) is 18.9 Å². The molecule has 0 bridgehead atoms. The smallest absolute Gasteiger partial charge is 0.382 e. The van der Waals surface area contributed by atoms with Crippen molar-refractivity contribution >= 4 is 57.5 Å². The number of hydrogen-bond acceptors (Lipinski definition) is 15. The van der Waals surface area contributed by atoms with E-state index in [9.17, 15) is 17.8 Å². The third-order valence-electron chi connectivity index (χ3n) is 7.19. The van der Waals surface area contributed by atoms with E-state index in [0.717, 1.165) is 23.5 Å². The van der Waals surface area contributed by atoms with Crippen molar-refractivity contribution in [2.45, 2.75) is 49.2 Å². The monoisotopic (exact) mass is 678 g/mol. The Morgan fingerprint density at radius 1 is 0.977 bits per heavy atom. The second kappa shape index (κ2) is 10.7. The van der Waals surface area contributed by atoms with Crippen molar-refractivity contribution in [3.63, 3.8) is 0 Å². The van der Waals surface area contributed by atoms with Gasteiger partial charge in [0.2, 0.25) is 0 Å². The van der Waals surface area contributed by atoms with Crippen LogP contribution in [0.1, 0.15) is 12.5 Å². The van der Waals surface area contributed by atoms with Crippen LogP contribution in [0.4, 0.5) is 14.6 Å². The minimum absolute atomic E-state index is 0.0235. The molecular formula is C20H21F2N10O9PS2. The summed E-state index contributed by atoms with van der Waals surface area (Å²) in [6.07, 6.45) is -9.35. The highest BCUT2D eigenvalue weighted by atomic mass is 32.7. The highest BCUT2D eigenvalue weighted by Gasteiger charge is 2.53. The van der Waals surface area contributed by atoms with Gasteiger partial charge in [-0.05, 0) is 0 Å². The molecule has 4 aromatic rings. The van der Waals surface area contributed by atoms with Gasteiger partial charge in [0.25, 0.3) is 5.56 Å². The molecule has 24 heteroatoms. The summed E-state index contributed by atoms with van der Waals surface area (Å²) in [7, 11) is -4.76. The van der Waals surface area contributed by atoms with Gasteiger partial charge in [-0.2, -0.15) is 13.1 Å². The molecule has 0 amide bonds. The van der Waals surface area contributed by atoms with Crippen molar-refractivity contribution in [1.82, 2.24) is 43.8 Å². The highest BCUT2D eigenvalue weighted by Crippen LogP contribution is 2.57. The van der Waals surface area contributed by atoms with Gasteiger partial charge in [-0.1, -0.05) is 12.2 Å². The van der Waals surface area contributed by atoms with Crippen molar-refractivity contribution in [3.05, 3.63) is 35.7 Å².